The summed E-state index contributed by atoms with van der Waals surface area (Å²) in [5.41, 5.74) is 5.26. The average molecular weight is 486 g/mol. The third-order valence-electron chi connectivity index (χ3n) is 5.63. The number of fused-ring (bicyclic) bond motifs is 1. The van der Waals surface area contributed by atoms with E-state index < -0.39 is 0 Å². The minimum atomic E-state index is 0.0963. The smallest absolute Gasteiger partial charge is 0.128 e. The van der Waals surface area contributed by atoms with E-state index in [2.05, 4.69) is 72.9 Å². The number of hydrogen-bond acceptors (Lipinski definition) is 7. The molecule has 2 aromatic carbocycles. The zero-order valence-electron chi connectivity index (χ0n) is 18.9. The molecule has 0 spiro atoms. The maximum Gasteiger partial charge on any atom is 0.128 e. The maximum absolute atomic E-state index is 6.11. The summed E-state index contributed by atoms with van der Waals surface area (Å²) in [6, 6.07) is 14.7. The van der Waals surface area contributed by atoms with Crippen molar-refractivity contribution in [3.05, 3.63) is 77.1 Å². The normalized spacial score (nSPS) is 14.1. The Kier molecular flexibility index (Phi) is 6.71. The number of rotatable bonds is 7. The van der Waals surface area contributed by atoms with Crippen LogP contribution in [0.4, 0.5) is 0 Å². The monoisotopic (exact) mass is 485 g/mol. The third-order valence-corrected chi connectivity index (χ3v) is 7.23. The van der Waals surface area contributed by atoms with Crippen molar-refractivity contribution in [3.63, 3.8) is 0 Å². The van der Waals surface area contributed by atoms with E-state index in [0.29, 0.717) is 15.5 Å². The van der Waals surface area contributed by atoms with Crippen LogP contribution in [0.3, 0.4) is 0 Å². The summed E-state index contributed by atoms with van der Waals surface area (Å²) >= 11 is 1.72. The first-order valence-electron chi connectivity index (χ1n) is 11.0. The molecule has 2 atom stereocenters. The van der Waals surface area contributed by atoms with E-state index in [1.165, 1.54) is 10.1 Å². The molecule has 0 amide bonds. The second-order valence-electron chi connectivity index (χ2n) is 7.90. The predicted octanol–water partition coefficient (Wildman–Crippen LogP) is 5.76. The van der Waals surface area contributed by atoms with Gasteiger partial charge in [-0.2, -0.15) is 5.10 Å². The molecule has 5 rings (SSSR count). The Morgan fingerprint density at radius 2 is 1.97 bits per heavy atom. The first kappa shape index (κ1) is 22.3. The van der Waals surface area contributed by atoms with E-state index in [0.717, 1.165) is 46.1 Å². The summed E-state index contributed by atoms with van der Waals surface area (Å²) in [4.78, 5) is 8.95. The third kappa shape index (κ3) is 4.89. The summed E-state index contributed by atoms with van der Waals surface area (Å²) in [5.74, 6) is 8.22. The molecule has 0 bridgehead atoms. The fourth-order valence-corrected chi connectivity index (χ4v) is 5.40. The number of ether oxygens (including phenoxy) is 1. The van der Waals surface area contributed by atoms with Gasteiger partial charge in [-0.05, 0) is 49.2 Å². The van der Waals surface area contributed by atoms with Crippen LogP contribution in [0.15, 0.2) is 65.3 Å². The van der Waals surface area contributed by atoms with E-state index in [9.17, 15) is 0 Å². The minimum absolute atomic E-state index is 0.0963. The summed E-state index contributed by atoms with van der Waals surface area (Å²) < 4.78 is 7.34. The number of hydrogen-bond donors (Lipinski definition) is 2. The van der Waals surface area contributed by atoms with Crippen molar-refractivity contribution in [2.24, 2.45) is 5.10 Å². The molecule has 2 aromatic heterocycles. The Hall–Kier alpha value is -3.46. The Morgan fingerprint density at radius 3 is 2.74 bits per heavy atom. The molecule has 170 valence electrons. The lowest BCUT2D eigenvalue weighted by molar-refractivity contribution is 0.306. The Bertz CT molecular complexity index is 1400. The van der Waals surface area contributed by atoms with Crippen LogP contribution in [0.5, 0.6) is 5.75 Å². The Balaban J connectivity index is 1.30. The van der Waals surface area contributed by atoms with Gasteiger partial charge in [0.2, 0.25) is 0 Å². The molecule has 2 unspecified atom stereocenters. The van der Waals surface area contributed by atoms with Crippen LogP contribution >= 0.6 is 20.2 Å². The first-order chi connectivity index (χ1) is 16.7. The molecule has 2 N–H and O–H groups in total. The largest absolute Gasteiger partial charge is 0.489 e. The van der Waals surface area contributed by atoms with Crippen molar-refractivity contribution in [3.8, 4) is 28.8 Å². The zero-order valence-corrected chi connectivity index (χ0v) is 20.7. The summed E-state index contributed by atoms with van der Waals surface area (Å²) in [6.45, 7) is 4.36. The quantitative estimate of drug-likeness (QED) is 0.257. The molecule has 0 aliphatic carbocycles. The number of nitrogens with zero attached hydrogens (tertiary/aromatic N) is 3. The van der Waals surface area contributed by atoms with Crippen molar-refractivity contribution in [1.29, 1.82) is 0 Å². The number of benzene rings is 2. The SMILES string of the molecule is CC#CC(CC1=NNPN1)c1ccc(OCc2ccc3scc(-c4nccnc4C)c3c2)cc1. The van der Waals surface area contributed by atoms with Crippen LogP contribution in [0, 0.1) is 18.8 Å². The van der Waals surface area contributed by atoms with E-state index in [-0.39, 0.29) is 5.92 Å². The molecule has 0 fully saturated rings. The summed E-state index contributed by atoms with van der Waals surface area (Å²) in [6.07, 6.45) is 4.23. The number of thiophene rings is 1. The van der Waals surface area contributed by atoms with Gasteiger partial charge in [0.25, 0.3) is 0 Å². The van der Waals surface area contributed by atoms with Gasteiger partial charge in [0.05, 0.1) is 26.2 Å². The van der Waals surface area contributed by atoms with E-state index >= 15 is 0 Å². The summed E-state index contributed by atoms with van der Waals surface area (Å²) in [7, 11) is 0.440. The Labute approximate surface area is 204 Å². The van der Waals surface area contributed by atoms with Gasteiger partial charge in [0.15, 0.2) is 0 Å². The van der Waals surface area contributed by atoms with Gasteiger partial charge >= 0.3 is 0 Å². The first-order valence-corrected chi connectivity index (χ1v) is 12.8. The van der Waals surface area contributed by atoms with Gasteiger partial charge in [-0.15, -0.1) is 17.3 Å². The zero-order chi connectivity index (χ0) is 23.3. The fraction of sp³-hybridized carbons (Fsp3) is 0.192. The second-order valence-corrected chi connectivity index (χ2v) is 9.53. The average Bonchev–Trinajstić information content (AvgIpc) is 3.53. The molecule has 0 radical (unpaired) electrons. The molecule has 34 heavy (non-hydrogen) atoms. The number of aromatic nitrogens is 2. The van der Waals surface area contributed by atoms with Crippen molar-refractivity contribution in [2.45, 2.75) is 32.8 Å². The molecular weight excluding hydrogens is 461 g/mol. The molecule has 8 heteroatoms. The number of amidine groups is 1. The van der Waals surface area contributed by atoms with E-state index in [1.807, 2.05) is 26.0 Å². The van der Waals surface area contributed by atoms with Gasteiger partial charge in [-0.25, -0.2) is 0 Å². The van der Waals surface area contributed by atoms with Gasteiger partial charge in [-0.1, -0.05) is 24.1 Å². The highest BCUT2D eigenvalue weighted by molar-refractivity contribution is 7.34. The number of nitrogens with one attached hydrogen (secondary N) is 2. The highest BCUT2D eigenvalue weighted by Gasteiger charge is 2.15. The molecular formula is C26H24N5OPS. The molecule has 4 aromatic rings. The van der Waals surface area contributed by atoms with E-state index in [1.54, 1.807) is 23.7 Å². The lowest BCUT2D eigenvalue weighted by atomic mass is 9.95. The van der Waals surface area contributed by atoms with Gasteiger partial charge in [0, 0.05) is 39.8 Å². The van der Waals surface area contributed by atoms with Crippen LogP contribution in [0.2, 0.25) is 0 Å². The summed E-state index contributed by atoms with van der Waals surface area (Å²) in [5, 5.41) is 13.9. The molecule has 0 saturated heterocycles. The topological polar surface area (TPSA) is 71.4 Å². The van der Waals surface area contributed by atoms with Crippen LogP contribution in [0.25, 0.3) is 21.3 Å². The fourth-order valence-electron chi connectivity index (χ4n) is 3.92. The molecule has 1 aliphatic heterocycles. The molecule has 0 saturated carbocycles. The van der Waals surface area contributed by atoms with Gasteiger partial charge in [-0.3, -0.25) is 15.2 Å². The van der Waals surface area contributed by atoms with Crippen LogP contribution < -0.4 is 15.0 Å². The van der Waals surface area contributed by atoms with Crippen LogP contribution in [0.1, 0.15) is 36.1 Å². The van der Waals surface area contributed by atoms with Crippen molar-refractivity contribution in [1.82, 2.24) is 20.3 Å². The minimum Gasteiger partial charge on any atom is -0.489 e. The van der Waals surface area contributed by atoms with Gasteiger partial charge in [0.1, 0.15) is 18.2 Å². The number of aryl methyl sites for hydroxylation is 1. The maximum atomic E-state index is 6.11. The van der Waals surface area contributed by atoms with Gasteiger partial charge < -0.3 is 9.82 Å². The van der Waals surface area contributed by atoms with Crippen molar-refractivity contribution in [2.75, 3.05) is 0 Å². The lowest BCUT2D eigenvalue weighted by Gasteiger charge is -2.12. The second kappa shape index (κ2) is 10.2. The highest BCUT2D eigenvalue weighted by atomic mass is 32.1. The van der Waals surface area contributed by atoms with Crippen LogP contribution in [-0.4, -0.2) is 15.8 Å². The standard InChI is InChI=1S/C26H24N5OPS/c1-3-4-20(14-25-29-31-33-30-25)19-6-8-21(9-7-19)32-15-18-5-10-24-22(13-18)23(16-34-24)26-17(2)27-11-12-28-26/h5-13,16,20,31,33H,14-15H2,1-2H3,(H,29,30). The van der Waals surface area contributed by atoms with Crippen LogP contribution in [-0.2, 0) is 6.61 Å². The van der Waals surface area contributed by atoms with E-state index in [4.69, 9.17) is 4.74 Å². The number of hydrazone groups is 1. The molecule has 3 heterocycles. The molecule has 6 nitrogen and oxygen atoms in total. The molecule has 1 aliphatic rings. The van der Waals surface area contributed by atoms with Crippen molar-refractivity contribution < 1.29 is 4.74 Å². The lowest BCUT2D eigenvalue weighted by Crippen LogP contribution is -2.14. The van der Waals surface area contributed by atoms with Crippen molar-refractivity contribution >= 4 is 36.1 Å². The Morgan fingerprint density at radius 1 is 1.12 bits per heavy atom. The predicted molar refractivity (Wildman–Crippen MR) is 141 cm³/mol. The highest BCUT2D eigenvalue weighted by Crippen LogP contribution is 2.34.